The Morgan fingerprint density at radius 3 is 2.71 bits per heavy atom. The molecule has 8 heteroatoms. The molecular formula is C16H24N4O3S. The van der Waals surface area contributed by atoms with E-state index in [1.54, 1.807) is 0 Å². The van der Waals surface area contributed by atoms with Gasteiger partial charge < -0.3 is 14.2 Å². The number of nitrogens with zero attached hydrogens (tertiary/aromatic N) is 4. The number of piperidine rings is 1. The SMILES string of the molecule is COC(=O)C1CCN(C(=O)CSc2nnc3n2CCCCC3)CC1. The van der Waals surface area contributed by atoms with Gasteiger partial charge in [0, 0.05) is 26.1 Å². The van der Waals surface area contributed by atoms with E-state index >= 15 is 0 Å². The average molecular weight is 352 g/mol. The topological polar surface area (TPSA) is 77.3 Å². The van der Waals surface area contributed by atoms with Crippen molar-refractivity contribution in [1.82, 2.24) is 19.7 Å². The van der Waals surface area contributed by atoms with Crippen LogP contribution in [0.25, 0.3) is 0 Å². The van der Waals surface area contributed by atoms with Gasteiger partial charge in [-0.05, 0) is 25.7 Å². The van der Waals surface area contributed by atoms with Gasteiger partial charge in [-0.1, -0.05) is 18.2 Å². The minimum absolute atomic E-state index is 0.0704. The van der Waals surface area contributed by atoms with Crippen LogP contribution in [0, 0.1) is 5.92 Å². The van der Waals surface area contributed by atoms with Gasteiger partial charge in [0.05, 0.1) is 18.8 Å². The highest BCUT2D eigenvalue weighted by Gasteiger charge is 2.28. The fourth-order valence-corrected chi connectivity index (χ4v) is 4.20. The second-order valence-electron chi connectivity index (χ2n) is 6.33. The second-order valence-corrected chi connectivity index (χ2v) is 7.27. The number of amides is 1. The Morgan fingerprint density at radius 2 is 1.96 bits per heavy atom. The molecule has 0 N–H and O–H groups in total. The lowest BCUT2D eigenvalue weighted by Crippen LogP contribution is -2.41. The smallest absolute Gasteiger partial charge is 0.308 e. The summed E-state index contributed by atoms with van der Waals surface area (Å²) >= 11 is 1.47. The highest BCUT2D eigenvalue weighted by Crippen LogP contribution is 2.23. The summed E-state index contributed by atoms with van der Waals surface area (Å²) in [5.41, 5.74) is 0. The van der Waals surface area contributed by atoms with E-state index in [1.165, 1.54) is 25.3 Å². The number of aromatic nitrogens is 3. The van der Waals surface area contributed by atoms with Gasteiger partial charge in [-0.25, -0.2) is 0 Å². The van der Waals surface area contributed by atoms with Gasteiger partial charge in [0.25, 0.3) is 0 Å². The molecule has 3 heterocycles. The third kappa shape index (κ3) is 3.91. The van der Waals surface area contributed by atoms with Gasteiger partial charge >= 0.3 is 5.97 Å². The van der Waals surface area contributed by atoms with Crippen molar-refractivity contribution in [3.8, 4) is 0 Å². The first kappa shape index (κ1) is 17.3. The van der Waals surface area contributed by atoms with E-state index in [1.807, 2.05) is 4.90 Å². The molecule has 2 aliphatic heterocycles. The number of likely N-dealkylation sites (tertiary alicyclic amines) is 1. The molecule has 0 spiro atoms. The van der Waals surface area contributed by atoms with Crippen molar-refractivity contribution in [3.05, 3.63) is 5.82 Å². The second kappa shape index (κ2) is 8.00. The predicted molar refractivity (Wildman–Crippen MR) is 89.6 cm³/mol. The van der Waals surface area contributed by atoms with Crippen LogP contribution in [0.1, 0.15) is 37.9 Å². The Bertz CT molecular complexity index is 596. The highest BCUT2D eigenvalue weighted by atomic mass is 32.2. The monoisotopic (exact) mass is 352 g/mol. The van der Waals surface area contributed by atoms with Gasteiger partial charge in [-0.15, -0.1) is 10.2 Å². The summed E-state index contributed by atoms with van der Waals surface area (Å²) in [5, 5.41) is 9.36. The zero-order valence-corrected chi connectivity index (χ0v) is 14.9. The summed E-state index contributed by atoms with van der Waals surface area (Å²) in [6, 6.07) is 0. The maximum atomic E-state index is 12.4. The molecule has 0 bridgehead atoms. The largest absolute Gasteiger partial charge is 0.469 e. The van der Waals surface area contributed by atoms with E-state index in [0.717, 1.165) is 36.8 Å². The number of carbonyl (C=O) groups is 2. The van der Waals surface area contributed by atoms with Crippen LogP contribution in [-0.2, 0) is 27.3 Å². The summed E-state index contributed by atoms with van der Waals surface area (Å²) in [6.07, 6.45) is 5.88. The van der Waals surface area contributed by atoms with E-state index in [9.17, 15) is 9.59 Å². The number of ether oxygens (including phenoxy) is 1. The first-order valence-corrected chi connectivity index (χ1v) is 9.58. The van der Waals surface area contributed by atoms with Gasteiger partial charge in [0.2, 0.25) is 5.91 Å². The molecule has 3 rings (SSSR count). The van der Waals surface area contributed by atoms with Gasteiger partial charge in [-0.3, -0.25) is 9.59 Å². The van der Waals surface area contributed by atoms with Crippen molar-refractivity contribution < 1.29 is 14.3 Å². The molecule has 0 radical (unpaired) electrons. The number of fused-ring (bicyclic) bond motifs is 1. The third-order valence-corrected chi connectivity index (χ3v) is 5.73. The van der Waals surface area contributed by atoms with Crippen LogP contribution in [0.3, 0.4) is 0 Å². The fourth-order valence-electron chi connectivity index (χ4n) is 3.31. The molecule has 1 saturated heterocycles. The van der Waals surface area contributed by atoms with E-state index < -0.39 is 0 Å². The van der Waals surface area contributed by atoms with Crippen LogP contribution in [0.4, 0.5) is 0 Å². The number of methoxy groups -OCH3 is 1. The van der Waals surface area contributed by atoms with Gasteiger partial charge in [-0.2, -0.15) is 0 Å². The lowest BCUT2D eigenvalue weighted by molar-refractivity contribution is -0.148. The molecule has 2 aliphatic rings. The lowest BCUT2D eigenvalue weighted by atomic mass is 9.97. The lowest BCUT2D eigenvalue weighted by Gasteiger charge is -2.30. The Morgan fingerprint density at radius 1 is 1.17 bits per heavy atom. The first-order valence-electron chi connectivity index (χ1n) is 8.59. The fraction of sp³-hybridized carbons (Fsp3) is 0.750. The number of hydrogen-bond acceptors (Lipinski definition) is 6. The molecule has 1 aromatic heterocycles. The third-order valence-electron chi connectivity index (χ3n) is 4.78. The molecule has 1 aromatic rings. The molecule has 0 aromatic carbocycles. The maximum absolute atomic E-state index is 12.4. The number of aryl methyl sites for hydroxylation is 1. The zero-order chi connectivity index (χ0) is 16.9. The molecular weight excluding hydrogens is 328 g/mol. The Kier molecular flexibility index (Phi) is 5.76. The number of rotatable bonds is 4. The standard InChI is InChI=1S/C16H24N4O3S/c1-23-15(22)12-6-9-19(10-7-12)14(21)11-24-16-18-17-13-5-3-2-4-8-20(13)16/h12H,2-11H2,1H3. The first-order chi connectivity index (χ1) is 11.7. The molecule has 0 unspecified atom stereocenters. The normalized spacial score (nSPS) is 18.8. The van der Waals surface area contributed by atoms with Crippen molar-refractivity contribution in [3.63, 3.8) is 0 Å². The van der Waals surface area contributed by atoms with Crippen LogP contribution < -0.4 is 0 Å². The quantitative estimate of drug-likeness (QED) is 0.604. The van der Waals surface area contributed by atoms with Crippen molar-refractivity contribution >= 4 is 23.6 Å². The summed E-state index contributed by atoms with van der Waals surface area (Å²) in [7, 11) is 1.41. The van der Waals surface area contributed by atoms with E-state index in [2.05, 4.69) is 14.8 Å². The van der Waals surface area contributed by atoms with Gasteiger partial charge in [0.15, 0.2) is 5.16 Å². The maximum Gasteiger partial charge on any atom is 0.308 e. The number of thioether (sulfide) groups is 1. The van der Waals surface area contributed by atoms with Crippen LogP contribution in [0.5, 0.6) is 0 Å². The predicted octanol–water partition coefficient (Wildman–Crippen LogP) is 1.51. The summed E-state index contributed by atoms with van der Waals surface area (Å²) in [4.78, 5) is 25.8. The summed E-state index contributed by atoms with van der Waals surface area (Å²) < 4.78 is 6.94. The van der Waals surface area contributed by atoms with Crippen LogP contribution in [-0.4, -0.2) is 57.5 Å². The van der Waals surface area contributed by atoms with Crippen molar-refractivity contribution in [2.45, 2.75) is 50.2 Å². The minimum Gasteiger partial charge on any atom is -0.469 e. The molecule has 1 fully saturated rings. The molecule has 7 nitrogen and oxygen atoms in total. The Hall–Kier alpha value is -1.57. The van der Waals surface area contributed by atoms with Crippen molar-refractivity contribution in [2.75, 3.05) is 26.0 Å². The van der Waals surface area contributed by atoms with E-state index in [-0.39, 0.29) is 17.8 Å². The van der Waals surface area contributed by atoms with Gasteiger partial charge in [0.1, 0.15) is 5.82 Å². The van der Waals surface area contributed by atoms with Crippen LogP contribution in [0.15, 0.2) is 5.16 Å². The van der Waals surface area contributed by atoms with Crippen LogP contribution >= 0.6 is 11.8 Å². The van der Waals surface area contributed by atoms with Crippen LogP contribution in [0.2, 0.25) is 0 Å². The van der Waals surface area contributed by atoms with Crippen molar-refractivity contribution in [1.29, 1.82) is 0 Å². The molecule has 132 valence electrons. The summed E-state index contributed by atoms with van der Waals surface area (Å²) in [6.45, 7) is 2.19. The zero-order valence-electron chi connectivity index (χ0n) is 14.1. The molecule has 0 saturated carbocycles. The average Bonchev–Trinajstić information content (AvgIpc) is 2.85. The summed E-state index contributed by atoms with van der Waals surface area (Å²) in [5.74, 6) is 1.29. The van der Waals surface area contributed by atoms with Crippen molar-refractivity contribution in [2.24, 2.45) is 5.92 Å². The highest BCUT2D eigenvalue weighted by molar-refractivity contribution is 7.99. The Labute approximate surface area is 146 Å². The number of hydrogen-bond donors (Lipinski definition) is 0. The molecule has 0 atom stereocenters. The minimum atomic E-state index is -0.164. The number of carbonyl (C=O) groups excluding carboxylic acids is 2. The Balaban J connectivity index is 1.50. The molecule has 1 amide bonds. The van der Waals surface area contributed by atoms with E-state index in [0.29, 0.717) is 31.7 Å². The molecule has 24 heavy (non-hydrogen) atoms. The number of esters is 1. The molecule has 0 aliphatic carbocycles. The van der Waals surface area contributed by atoms with E-state index in [4.69, 9.17) is 4.74 Å².